The van der Waals surface area contributed by atoms with E-state index in [0.29, 0.717) is 0 Å². The zero-order valence-corrected chi connectivity index (χ0v) is 10.5. The highest BCUT2D eigenvalue weighted by molar-refractivity contribution is 5.98. The van der Waals surface area contributed by atoms with Crippen LogP contribution in [0, 0.1) is 0 Å². The highest BCUT2D eigenvalue weighted by atomic mass is 16.5. The second kappa shape index (κ2) is 4.69. The third kappa shape index (κ3) is 2.04. The normalized spacial score (nSPS) is 10.9. The van der Waals surface area contributed by atoms with Crippen LogP contribution in [0.15, 0.2) is 54.6 Å². The van der Waals surface area contributed by atoms with E-state index in [0.717, 1.165) is 18.8 Å². The third-order valence-corrected chi connectivity index (χ3v) is 3.15. The quantitative estimate of drug-likeness (QED) is 0.594. The van der Waals surface area contributed by atoms with Gasteiger partial charge in [0.25, 0.3) is 0 Å². The van der Waals surface area contributed by atoms with E-state index in [9.17, 15) is 0 Å². The van der Waals surface area contributed by atoms with Crippen LogP contribution in [0.2, 0.25) is 0 Å². The van der Waals surface area contributed by atoms with Gasteiger partial charge in [-0.1, -0.05) is 37.3 Å². The van der Waals surface area contributed by atoms with Gasteiger partial charge in [0.15, 0.2) is 0 Å². The van der Waals surface area contributed by atoms with Crippen molar-refractivity contribution in [1.82, 2.24) is 0 Å². The lowest BCUT2D eigenvalue weighted by Crippen LogP contribution is -1.94. The van der Waals surface area contributed by atoms with Gasteiger partial charge in [0.05, 0.1) is 6.61 Å². The van der Waals surface area contributed by atoms with E-state index in [4.69, 9.17) is 4.74 Å². The van der Waals surface area contributed by atoms with Gasteiger partial charge in [0, 0.05) is 0 Å². The molecule has 1 heteroatoms. The molecule has 0 aliphatic rings. The van der Waals surface area contributed by atoms with Gasteiger partial charge in [-0.3, -0.25) is 0 Å². The van der Waals surface area contributed by atoms with Crippen molar-refractivity contribution in [1.29, 1.82) is 0 Å². The predicted octanol–water partition coefficient (Wildman–Crippen LogP) is 4.78. The standard InChI is InChI=1S/C17H16O/c1-2-9-18-17-8-7-15-10-13-5-3-4-6-14(13)11-16(15)12-17/h3-8,10-12H,2,9H2,1H3. The fraction of sp³-hybridized carbons (Fsp3) is 0.176. The molecule has 0 amide bonds. The summed E-state index contributed by atoms with van der Waals surface area (Å²) in [7, 11) is 0. The Labute approximate surface area is 107 Å². The summed E-state index contributed by atoms with van der Waals surface area (Å²) in [4.78, 5) is 0. The maximum absolute atomic E-state index is 5.68. The monoisotopic (exact) mass is 236 g/mol. The van der Waals surface area contributed by atoms with Crippen LogP contribution < -0.4 is 4.74 Å². The number of hydrogen-bond donors (Lipinski definition) is 0. The van der Waals surface area contributed by atoms with Crippen LogP contribution in [0.5, 0.6) is 5.75 Å². The van der Waals surface area contributed by atoms with Crippen LogP contribution in [0.1, 0.15) is 13.3 Å². The Hall–Kier alpha value is -2.02. The van der Waals surface area contributed by atoms with Crippen molar-refractivity contribution < 1.29 is 4.74 Å². The molecule has 0 heterocycles. The molecule has 3 aromatic rings. The highest BCUT2D eigenvalue weighted by Gasteiger charge is 2.00. The van der Waals surface area contributed by atoms with Crippen LogP contribution in [0.25, 0.3) is 21.5 Å². The summed E-state index contributed by atoms with van der Waals surface area (Å²) >= 11 is 0. The number of ether oxygens (including phenoxy) is 1. The first kappa shape index (κ1) is 11.1. The van der Waals surface area contributed by atoms with Crippen LogP contribution in [0.4, 0.5) is 0 Å². The van der Waals surface area contributed by atoms with E-state index >= 15 is 0 Å². The van der Waals surface area contributed by atoms with Crippen molar-refractivity contribution in [2.75, 3.05) is 6.61 Å². The first-order valence-corrected chi connectivity index (χ1v) is 6.42. The van der Waals surface area contributed by atoms with Gasteiger partial charge in [0.1, 0.15) is 5.75 Å². The summed E-state index contributed by atoms with van der Waals surface area (Å²) in [5.41, 5.74) is 0. The molecule has 0 aromatic heterocycles. The molecule has 90 valence electrons. The second-order valence-corrected chi connectivity index (χ2v) is 4.56. The Balaban J connectivity index is 2.12. The molecule has 0 aliphatic carbocycles. The van der Waals surface area contributed by atoms with E-state index < -0.39 is 0 Å². The molecule has 0 N–H and O–H groups in total. The minimum Gasteiger partial charge on any atom is -0.494 e. The fourth-order valence-electron chi connectivity index (χ4n) is 2.23. The molecule has 1 nitrogen and oxygen atoms in total. The number of hydrogen-bond acceptors (Lipinski definition) is 1. The molecular weight excluding hydrogens is 220 g/mol. The second-order valence-electron chi connectivity index (χ2n) is 4.56. The smallest absolute Gasteiger partial charge is 0.119 e. The predicted molar refractivity (Wildman–Crippen MR) is 77.2 cm³/mol. The van der Waals surface area contributed by atoms with E-state index in [1.54, 1.807) is 0 Å². The average molecular weight is 236 g/mol. The summed E-state index contributed by atoms with van der Waals surface area (Å²) < 4.78 is 5.68. The third-order valence-electron chi connectivity index (χ3n) is 3.15. The zero-order chi connectivity index (χ0) is 12.4. The molecule has 0 saturated heterocycles. The maximum atomic E-state index is 5.68. The first-order chi connectivity index (χ1) is 8.86. The van der Waals surface area contributed by atoms with Gasteiger partial charge < -0.3 is 4.74 Å². The fourth-order valence-corrected chi connectivity index (χ4v) is 2.23. The zero-order valence-electron chi connectivity index (χ0n) is 10.5. The molecule has 0 atom stereocenters. The number of benzene rings is 3. The molecule has 3 aromatic carbocycles. The Morgan fingerprint density at radius 1 is 0.778 bits per heavy atom. The Morgan fingerprint density at radius 2 is 1.44 bits per heavy atom. The molecule has 0 unspecified atom stereocenters. The summed E-state index contributed by atoms with van der Waals surface area (Å²) in [5, 5.41) is 5.06. The number of fused-ring (bicyclic) bond motifs is 2. The molecule has 0 radical (unpaired) electrons. The Kier molecular flexibility index (Phi) is 2.89. The van der Waals surface area contributed by atoms with Gasteiger partial charge in [-0.2, -0.15) is 0 Å². The SMILES string of the molecule is CCCOc1ccc2cc3ccccc3cc2c1. The first-order valence-electron chi connectivity index (χ1n) is 6.42. The summed E-state index contributed by atoms with van der Waals surface area (Å²) in [6.45, 7) is 2.90. The van der Waals surface area contributed by atoms with Gasteiger partial charge in [-0.15, -0.1) is 0 Å². The van der Waals surface area contributed by atoms with E-state index in [-0.39, 0.29) is 0 Å². The van der Waals surface area contributed by atoms with Gasteiger partial charge >= 0.3 is 0 Å². The lowest BCUT2D eigenvalue weighted by Gasteiger charge is -2.07. The molecule has 0 bridgehead atoms. The van der Waals surface area contributed by atoms with Crippen molar-refractivity contribution >= 4 is 21.5 Å². The van der Waals surface area contributed by atoms with E-state index in [2.05, 4.69) is 55.5 Å². The maximum Gasteiger partial charge on any atom is 0.119 e. The van der Waals surface area contributed by atoms with Crippen LogP contribution in [-0.2, 0) is 0 Å². The molecule has 0 aliphatic heterocycles. The van der Waals surface area contributed by atoms with Crippen LogP contribution in [0.3, 0.4) is 0 Å². The van der Waals surface area contributed by atoms with Crippen molar-refractivity contribution in [3.63, 3.8) is 0 Å². The summed E-state index contributed by atoms with van der Waals surface area (Å²) in [6, 6.07) is 19.2. The van der Waals surface area contributed by atoms with Crippen molar-refractivity contribution in [3.8, 4) is 5.75 Å². The van der Waals surface area contributed by atoms with Gasteiger partial charge in [-0.25, -0.2) is 0 Å². The topological polar surface area (TPSA) is 9.23 Å². The largest absolute Gasteiger partial charge is 0.494 e. The molecular formula is C17H16O. The Bertz CT molecular complexity index is 685. The minimum absolute atomic E-state index is 0.777. The van der Waals surface area contributed by atoms with Crippen molar-refractivity contribution in [2.24, 2.45) is 0 Å². The summed E-state index contributed by atoms with van der Waals surface area (Å²) in [6.07, 6.45) is 1.04. The van der Waals surface area contributed by atoms with Gasteiger partial charge in [-0.05, 0) is 52.2 Å². The molecule has 0 saturated carbocycles. The van der Waals surface area contributed by atoms with E-state index in [1.165, 1.54) is 21.5 Å². The number of rotatable bonds is 3. The highest BCUT2D eigenvalue weighted by Crippen LogP contribution is 2.26. The average Bonchev–Trinajstić information content (AvgIpc) is 2.42. The van der Waals surface area contributed by atoms with Crippen molar-refractivity contribution in [2.45, 2.75) is 13.3 Å². The Morgan fingerprint density at radius 3 is 2.17 bits per heavy atom. The lowest BCUT2D eigenvalue weighted by molar-refractivity contribution is 0.318. The van der Waals surface area contributed by atoms with Crippen molar-refractivity contribution in [3.05, 3.63) is 54.6 Å². The van der Waals surface area contributed by atoms with Crippen LogP contribution in [-0.4, -0.2) is 6.61 Å². The molecule has 0 spiro atoms. The molecule has 0 fully saturated rings. The molecule has 3 rings (SSSR count). The van der Waals surface area contributed by atoms with E-state index in [1.807, 2.05) is 6.07 Å². The molecule has 18 heavy (non-hydrogen) atoms. The lowest BCUT2D eigenvalue weighted by atomic mass is 10.0. The summed E-state index contributed by atoms with van der Waals surface area (Å²) in [5.74, 6) is 0.958. The van der Waals surface area contributed by atoms with Crippen LogP contribution >= 0.6 is 0 Å². The minimum atomic E-state index is 0.777. The van der Waals surface area contributed by atoms with Gasteiger partial charge in [0.2, 0.25) is 0 Å².